The third kappa shape index (κ3) is 78.7. The lowest BCUT2D eigenvalue weighted by Crippen LogP contribution is -2.45. The molecule has 548 valence electrons. The van der Waals surface area contributed by atoms with Gasteiger partial charge in [-0.3, -0.25) is 9.59 Å². The van der Waals surface area contributed by atoms with E-state index in [1.54, 1.807) is 6.08 Å². The van der Waals surface area contributed by atoms with Crippen molar-refractivity contribution in [3.63, 3.8) is 0 Å². The van der Waals surface area contributed by atoms with Crippen molar-refractivity contribution in [1.29, 1.82) is 0 Å². The number of rotatable bonds is 80. The van der Waals surface area contributed by atoms with Gasteiger partial charge >= 0.3 is 5.97 Å². The molecule has 0 saturated carbocycles. The van der Waals surface area contributed by atoms with Crippen molar-refractivity contribution >= 4 is 11.9 Å². The molecule has 1 amide bonds. The van der Waals surface area contributed by atoms with Crippen molar-refractivity contribution in [3.05, 3.63) is 48.6 Å². The number of hydrogen-bond donors (Lipinski definition) is 3. The quantitative estimate of drug-likeness (QED) is 0.0320. The SMILES string of the molecule is CCCCC/C=C\C/C=C\CCCCCCCCCC(=O)OCCCCCCCCCCCCCCCC/C=C\CCCCCCCCCCCCCCCCCCCC(=O)NC(CO)C(O)/C=C/CCCCCCCCCCCCCCCCCCCCCCCC. The molecule has 0 fully saturated rings. The van der Waals surface area contributed by atoms with Crippen LogP contribution in [0.4, 0.5) is 0 Å². The standard InChI is InChI=1S/C87H165NO5/c1-3-5-7-9-11-13-15-17-19-21-22-23-24-38-41-44-48-51-55-59-63-67-71-75-79-85(90)84(83-89)88-86(91)80-76-72-68-64-60-56-52-49-45-42-39-36-34-32-30-28-26-25-27-29-31-33-35-37-40-43-46-50-54-58-62-66-70-74-78-82-93-87(92)81-77-73-69-65-61-57-53-47-20-18-16-14-12-10-8-6-4-2/h12,14,18,20,27,29,75,79,84-85,89-90H,3-11,13,15-17,19,21-26,28,30-74,76-78,80-83H2,1-2H3,(H,88,91)/b14-12-,20-18-,29-27-,79-75+. The third-order valence-electron chi connectivity index (χ3n) is 19.8. The van der Waals surface area contributed by atoms with Gasteiger partial charge in [-0.15, -0.1) is 0 Å². The summed E-state index contributed by atoms with van der Waals surface area (Å²) in [5, 5.41) is 23.3. The van der Waals surface area contributed by atoms with Crippen LogP contribution in [0.25, 0.3) is 0 Å². The van der Waals surface area contributed by atoms with Gasteiger partial charge in [0, 0.05) is 12.8 Å². The molecule has 2 atom stereocenters. The Kier molecular flexibility index (Phi) is 80.3. The van der Waals surface area contributed by atoms with Gasteiger partial charge in [0.15, 0.2) is 0 Å². The molecule has 0 bridgehead atoms. The van der Waals surface area contributed by atoms with Crippen molar-refractivity contribution in [2.75, 3.05) is 13.2 Å². The van der Waals surface area contributed by atoms with E-state index in [0.29, 0.717) is 19.4 Å². The molecule has 6 nitrogen and oxygen atoms in total. The maximum atomic E-state index is 12.6. The number of allylic oxidation sites excluding steroid dienone is 7. The topological polar surface area (TPSA) is 95.9 Å². The zero-order chi connectivity index (χ0) is 67.0. The molecule has 0 aromatic carbocycles. The van der Waals surface area contributed by atoms with Gasteiger partial charge in [-0.25, -0.2) is 0 Å². The van der Waals surface area contributed by atoms with E-state index in [0.717, 1.165) is 51.4 Å². The summed E-state index contributed by atoms with van der Waals surface area (Å²) in [7, 11) is 0. The lowest BCUT2D eigenvalue weighted by Gasteiger charge is -2.20. The summed E-state index contributed by atoms with van der Waals surface area (Å²) in [4.78, 5) is 24.7. The molecule has 0 radical (unpaired) electrons. The van der Waals surface area contributed by atoms with Crippen LogP contribution >= 0.6 is 0 Å². The van der Waals surface area contributed by atoms with Crippen molar-refractivity contribution in [3.8, 4) is 0 Å². The highest BCUT2D eigenvalue weighted by Gasteiger charge is 2.18. The van der Waals surface area contributed by atoms with E-state index in [1.807, 2.05) is 6.08 Å². The molecular weight excluding hydrogens is 1140 g/mol. The summed E-state index contributed by atoms with van der Waals surface area (Å²) in [5.41, 5.74) is 0. The van der Waals surface area contributed by atoms with E-state index < -0.39 is 12.1 Å². The number of unbranched alkanes of at least 4 members (excludes halogenated alkanes) is 63. The second-order valence-electron chi connectivity index (χ2n) is 29.2. The van der Waals surface area contributed by atoms with Crippen LogP contribution in [0.3, 0.4) is 0 Å². The number of carbonyl (C=O) groups is 2. The minimum Gasteiger partial charge on any atom is -0.466 e. The van der Waals surface area contributed by atoms with Crippen LogP contribution < -0.4 is 5.32 Å². The first-order valence-corrected chi connectivity index (χ1v) is 42.4. The summed E-state index contributed by atoms with van der Waals surface area (Å²) >= 11 is 0. The maximum Gasteiger partial charge on any atom is 0.305 e. The van der Waals surface area contributed by atoms with Crippen LogP contribution in [0.15, 0.2) is 48.6 Å². The number of hydrogen-bond acceptors (Lipinski definition) is 5. The monoisotopic (exact) mass is 1300 g/mol. The van der Waals surface area contributed by atoms with Gasteiger partial charge in [-0.05, 0) is 89.9 Å². The third-order valence-corrected chi connectivity index (χ3v) is 19.8. The Morgan fingerprint density at radius 2 is 0.538 bits per heavy atom. The molecular formula is C87H165NO5. The Morgan fingerprint density at radius 1 is 0.301 bits per heavy atom. The summed E-state index contributed by atoms with van der Waals surface area (Å²) in [5.74, 6) is -0.0465. The highest BCUT2D eigenvalue weighted by atomic mass is 16.5. The Balaban J connectivity index is 3.37. The Morgan fingerprint density at radius 3 is 0.849 bits per heavy atom. The molecule has 2 unspecified atom stereocenters. The number of amides is 1. The van der Waals surface area contributed by atoms with Gasteiger partial charge in [-0.1, -0.05) is 416 Å². The zero-order valence-corrected chi connectivity index (χ0v) is 63.0. The van der Waals surface area contributed by atoms with E-state index in [-0.39, 0.29) is 18.5 Å². The number of nitrogens with one attached hydrogen (secondary N) is 1. The zero-order valence-electron chi connectivity index (χ0n) is 63.0. The molecule has 6 heteroatoms. The average Bonchev–Trinajstić information content (AvgIpc) is 3.78. The number of aliphatic hydroxyl groups excluding tert-OH is 2. The second-order valence-corrected chi connectivity index (χ2v) is 29.2. The van der Waals surface area contributed by atoms with Crippen LogP contribution in [-0.4, -0.2) is 47.4 Å². The van der Waals surface area contributed by atoms with E-state index in [1.165, 1.54) is 392 Å². The maximum absolute atomic E-state index is 12.6. The van der Waals surface area contributed by atoms with Gasteiger partial charge in [0.1, 0.15) is 0 Å². The molecule has 0 rings (SSSR count). The summed E-state index contributed by atoms with van der Waals surface area (Å²) in [6.45, 7) is 4.93. The van der Waals surface area contributed by atoms with Crippen LogP contribution in [0.2, 0.25) is 0 Å². The van der Waals surface area contributed by atoms with Gasteiger partial charge < -0.3 is 20.3 Å². The Hall–Kier alpha value is -2.18. The summed E-state index contributed by atoms with van der Waals surface area (Å²) in [6.07, 6.45) is 110. The highest BCUT2D eigenvalue weighted by Crippen LogP contribution is 2.20. The van der Waals surface area contributed by atoms with Gasteiger partial charge in [0.25, 0.3) is 0 Å². The van der Waals surface area contributed by atoms with Gasteiger partial charge in [0.2, 0.25) is 5.91 Å². The van der Waals surface area contributed by atoms with Crippen LogP contribution in [0.1, 0.15) is 470 Å². The lowest BCUT2D eigenvalue weighted by atomic mass is 10.0. The number of carbonyl (C=O) groups excluding carboxylic acids is 2. The Labute approximate surface area is 582 Å². The normalized spacial score (nSPS) is 12.7. The molecule has 93 heavy (non-hydrogen) atoms. The van der Waals surface area contributed by atoms with Gasteiger partial charge in [-0.2, -0.15) is 0 Å². The molecule has 0 aliphatic rings. The first kappa shape index (κ1) is 90.8. The van der Waals surface area contributed by atoms with E-state index in [9.17, 15) is 19.8 Å². The fraction of sp³-hybridized carbons (Fsp3) is 0.885. The smallest absolute Gasteiger partial charge is 0.305 e. The largest absolute Gasteiger partial charge is 0.466 e. The molecule has 0 aromatic heterocycles. The highest BCUT2D eigenvalue weighted by molar-refractivity contribution is 5.76. The Bertz CT molecular complexity index is 1550. The number of esters is 1. The predicted octanol–water partition coefficient (Wildman–Crippen LogP) is 28.3. The number of ether oxygens (including phenoxy) is 1. The molecule has 0 aliphatic heterocycles. The molecule has 3 N–H and O–H groups in total. The van der Waals surface area contributed by atoms with Gasteiger partial charge in [0.05, 0.1) is 25.4 Å². The molecule has 0 saturated heterocycles. The minimum atomic E-state index is -0.844. The molecule has 0 heterocycles. The van der Waals surface area contributed by atoms with E-state index in [4.69, 9.17) is 4.74 Å². The first-order chi connectivity index (χ1) is 46.0. The van der Waals surface area contributed by atoms with E-state index in [2.05, 4.69) is 55.6 Å². The van der Waals surface area contributed by atoms with Crippen LogP contribution in [0.5, 0.6) is 0 Å². The van der Waals surface area contributed by atoms with Crippen molar-refractivity contribution in [2.45, 2.75) is 482 Å². The summed E-state index contributed by atoms with van der Waals surface area (Å²) in [6, 6.07) is -0.627. The minimum absolute atomic E-state index is 0.0128. The van der Waals surface area contributed by atoms with Crippen molar-refractivity contribution in [2.24, 2.45) is 0 Å². The first-order valence-electron chi connectivity index (χ1n) is 42.4. The lowest BCUT2D eigenvalue weighted by molar-refractivity contribution is -0.143. The average molecular weight is 1310 g/mol. The predicted molar refractivity (Wildman–Crippen MR) is 412 cm³/mol. The molecule has 0 aliphatic carbocycles. The summed E-state index contributed by atoms with van der Waals surface area (Å²) < 4.78 is 5.51. The molecule has 0 spiro atoms. The fourth-order valence-electron chi connectivity index (χ4n) is 13.4. The fourth-order valence-corrected chi connectivity index (χ4v) is 13.4. The second kappa shape index (κ2) is 82.2. The van der Waals surface area contributed by atoms with Crippen LogP contribution in [-0.2, 0) is 14.3 Å². The molecule has 0 aromatic rings. The van der Waals surface area contributed by atoms with E-state index >= 15 is 0 Å². The van der Waals surface area contributed by atoms with Crippen molar-refractivity contribution < 1.29 is 24.5 Å². The van der Waals surface area contributed by atoms with Crippen molar-refractivity contribution in [1.82, 2.24) is 5.32 Å². The van der Waals surface area contributed by atoms with Crippen LogP contribution in [0, 0.1) is 0 Å². The number of aliphatic hydroxyl groups is 2.